The minimum Gasteiger partial charge on any atom is -0.334 e. The molecule has 0 bridgehead atoms. The number of likely N-dealkylation sites (tertiary alicyclic amines) is 1. The van der Waals surface area contributed by atoms with Gasteiger partial charge in [0.2, 0.25) is 5.91 Å². The zero-order chi connectivity index (χ0) is 17.6. The molecule has 25 heavy (non-hydrogen) atoms. The molecule has 3 aliphatic rings. The van der Waals surface area contributed by atoms with Gasteiger partial charge in [-0.2, -0.15) is 0 Å². The van der Waals surface area contributed by atoms with Crippen LogP contribution >= 0.6 is 0 Å². The summed E-state index contributed by atoms with van der Waals surface area (Å²) in [5.41, 5.74) is 0.202. The fourth-order valence-corrected chi connectivity index (χ4v) is 4.02. The number of imide groups is 1. The van der Waals surface area contributed by atoms with Crippen LogP contribution < -0.4 is 5.32 Å². The topological polar surface area (TPSA) is 82.6 Å². The van der Waals surface area contributed by atoms with Crippen LogP contribution in [0.2, 0.25) is 0 Å². The van der Waals surface area contributed by atoms with Gasteiger partial charge in [-0.1, -0.05) is 0 Å². The van der Waals surface area contributed by atoms with Crippen molar-refractivity contribution in [3.63, 3.8) is 0 Å². The molecule has 2 aliphatic heterocycles. The summed E-state index contributed by atoms with van der Waals surface area (Å²) in [4.78, 5) is 44.6. The summed E-state index contributed by atoms with van der Waals surface area (Å²) in [6, 6.07) is 3.36. The van der Waals surface area contributed by atoms with E-state index < -0.39 is 11.6 Å². The van der Waals surface area contributed by atoms with Crippen molar-refractivity contribution in [3.05, 3.63) is 30.1 Å². The molecule has 1 aliphatic carbocycles. The molecule has 1 aromatic heterocycles. The highest BCUT2D eigenvalue weighted by molar-refractivity contribution is 6.09. The minimum atomic E-state index is -0.840. The van der Waals surface area contributed by atoms with Gasteiger partial charge in [0.05, 0.1) is 6.04 Å². The van der Waals surface area contributed by atoms with Crippen molar-refractivity contribution in [1.29, 1.82) is 0 Å². The van der Waals surface area contributed by atoms with Gasteiger partial charge in [-0.25, -0.2) is 4.79 Å². The van der Waals surface area contributed by atoms with Gasteiger partial charge >= 0.3 is 6.03 Å². The van der Waals surface area contributed by atoms with Crippen LogP contribution in [0.25, 0.3) is 0 Å². The Morgan fingerprint density at radius 3 is 2.68 bits per heavy atom. The Morgan fingerprint density at radius 2 is 2.00 bits per heavy atom. The van der Waals surface area contributed by atoms with E-state index in [1.54, 1.807) is 24.2 Å². The molecule has 3 fully saturated rings. The van der Waals surface area contributed by atoms with Crippen LogP contribution in [0.3, 0.4) is 0 Å². The van der Waals surface area contributed by atoms with Crippen molar-refractivity contribution in [3.8, 4) is 0 Å². The van der Waals surface area contributed by atoms with Crippen LogP contribution in [0.1, 0.15) is 44.2 Å². The molecule has 7 nitrogen and oxygen atoms in total. The Bertz CT molecular complexity index is 718. The number of urea groups is 1. The van der Waals surface area contributed by atoms with Crippen LogP contribution in [-0.4, -0.2) is 51.3 Å². The fourth-order valence-electron chi connectivity index (χ4n) is 4.02. The van der Waals surface area contributed by atoms with E-state index in [1.165, 1.54) is 0 Å². The maximum atomic E-state index is 12.8. The maximum Gasteiger partial charge on any atom is 0.325 e. The van der Waals surface area contributed by atoms with E-state index in [-0.39, 0.29) is 30.3 Å². The number of amides is 4. The first-order valence-electron chi connectivity index (χ1n) is 8.84. The van der Waals surface area contributed by atoms with Gasteiger partial charge in [0.1, 0.15) is 12.1 Å². The second kappa shape index (κ2) is 5.82. The lowest BCUT2D eigenvalue weighted by Crippen LogP contribution is -2.47. The van der Waals surface area contributed by atoms with E-state index in [1.807, 2.05) is 12.1 Å². The third-order valence-corrected chi connectivity index (χ3v) is 5.65. The van der Waals surface area contributed by atoms with Crippen molar-refractivity contribution in [1.82, 2.24) is 20.1 Å². The molecule has 3 heterocycles. The SMILES string of the molecule is C[C@@]1(C2CC2)NC(=O)N(CC(=O)N2CCC[C@@H]2c2ccncc2)C1=O. The summed E-state index contributed by atoms with van der Waals surface area (Å²) < 4.78 is 0. The monoisotopic (exact) mass is 342 g/mol. The molecule has 0 unspecified atom stereocenters. The lowest BCUT2D eigenvalue weighted by Gasteiger charge is -2.27. The van der Waals surface area contributed by atoms with E-state index in [4.69, 9.17) is 0 Å². The Morgan fingerprint density at radius 1 is 1.28 bits per heavy atom. The van der Waals surface area contributed by atoms with Crippen molar-refractivity contribution >= 4 is 17.8 Å². The molecular weight excluding hydrogens is 320 g/mol. The standard InChI is InChI=1S/C18H22N4O3/c1-18(13-4-5-13)16(24)22(17(25)20-18)11-15(23)21-10-2-3-14(21)12-6-8-19-9-7-12/h6-9,13-14H,2-5,10-11H2,1H3,(H,20,25)/t14-,18+/m1/s1. The predicted molar refractivity (Wildman–Crippen MR) is 89.3 cm³/mol. The van der Waals surface area contributed by atoms with Gasteiger partial charge in [0.25, 0.3) is 5.91 Å². The Kier molecular flexibility index (Phi) is 3.74. The quantitative estimate of drug-likeness (QED) is 0.840. The highest BCUT2D eigenvalue weighted by Crippen LogP contribution is 2.42. The number of hydrogen-bond donors (Lipinski definition) is 1. The molecule has 132 valence electrons. The Hall–Kier alpha value is -2.44. The first-order valence-corrected chi connectivity index (χ1v) is 8.84. The smallest absolute Gasteiger partial charge is 0.325 e. The maximum absolute atomic E-state index is 12.8. The van der Waals surface area contributed by atoms with Gasteiger partial charge in [-0.3, -0.25) is 19.5 Å². The fraction of sp³-hybridized carbons (Fsp3) is 0.556. The highest BCUT2D eigenvalue weighted by atomic mass is 16.2. The van der Waals surface area contributed by atoms with Crippen molar-refractivity contribution in [2.45, 2.75) is 44.2 Å². The summed E-state index contributed by atoms with van der Waals surface area (Å²) in [6.45, 7) is 2.23. The lowest BCUT2D eigenvalue weighted by atomic mass is 9.96. The molecule has 0 aromatic carbocycles. The summed E-state index contributed by atoms with van der Waals surface area (Å²) in [6.07, 6.45) is 7.12. The van der Waals surface area contributed by atoms with Crippen LogP contribution in [0.5, 0.6) is 0 Å². The molecule has 2 atom stereocenters. The molecule has 1 N–H and O–H groups in total. The first kappa shape index (κ1) is 16.1. The first-order chi connectivity index (χ1) is 12.0. The number of aromatic nitrogens is 1. The van der Waals surface area contributed by atoms with E-state index in [9.17, 15) is 14.4 Å². The lowest BCUT2D eigenvalue weighted by molar-refractivity contribution is -0.139. The molecule has 4 amide bonds. The second-order valence-electron chi connectivity index (χ2n) is 7.32. The number of nitrogens with one attached hydrogen (secondary N) is 1. The summed E-state index contributed by atoms with van der Waals surface area (Å²) in [5.74, 6) is -0.253. The van der Waals surface area contributed by atoms with E-state index >= 15 is 0 Å². The zero-order valence-corrected chi connectivity index (χ0v) is 14.3. The molecule has 0 spiro atoms. The number of carbonyl (C=O) groups is 3. The molecule has 1 aromatic rings. The van der Waals surface area contributed by atoms with Gasteiger partial charge in [0, 0.05) is 18.9 Å². The van der Waals surface area contributed by atoms with E-state index in [2.05, 4.69) is 10.3 Å². The zero-order valence-electron chi connectivity index (χ0n) is 14.3. The normalized spacial score (nSPS) is 29.2. The summed E-state index contributed by atoms with van der Waals surface area (Å²) in [7, 11) is 0. The van der Waals surface area contributed by atoms with Crippen LogP contribution in [0.15, 0.2) is 24.5 Å². The van der Waals surface area contributed by atoms with Crippen molar-refractivity contribution in [2.75, 3.05) is 13.1 Å². The van der Waals surface area contributed by atoms with Crippen LogP contribution in [-0.2, 0) is 9.59 Å². The molecule has 2 saturated heterocycles. The number of rotatable bonds is 4. The molecular formula is C18H22N4O3. The molecule has 0 radical (unpaired) electrons. The molecule has 1 saturated carbocycles. The number of carbonyl (C=O) groups excluding carboxylic acids is 3. The summed E-state index contributed by atoms with van der Waals surface area (Å²) in [5, 5.41) is 2.79. The predicted octanol–water partition coefficient (Wildman–Crippen LogP) is 1.47. The third kappa shape index (κ3) is 2.67. The average Bonchev–Trinajstić information content (AvgIpc) is 3.32. The minimum absolute atomic E-state index is 0.00826. The number of nitrogens with zero attached hydrogens (tertiary/aromatic N) is 3. The number of pyridine rings is 1. The van der Waals surface area contributed by atoms with Crippen molar-refractivity contribution < 1.29 is 14.4 Å². The largest absolute Gasteiger partial charge is 0.334 e. The van der Waals surface area contributed by atoms with Crippen molar-refractivity contribution in [2.24, 2.45) is 5.92 Å². The van der Waals surface area contributed by atoms with E-state index in [0.29, 0.717) is 6.54 Å². The highest BCUT2D eigenvalue weighted by Gasteiger charge is 2.56. The van der Waals surface area contributed by atoms with E-state index in [0.717, 1.165) is 36.1 Å². The second-order valence-corrected chi connectivity index (χ2v) is 7.32. The van der Waals surface area contributed by atoms with Crippen LogP contribution in [0, 0.1) is 5.92 Å². The van der Waals surface area contributed by atoms with Gasteiger partial charge in [-0.15, -0.1) is 0 Å². The van der Waals surface area contributed by atoms with Crippen LogP contribution in [0.4, 0.5) is 4.79 Å². The third-order valence-electron chi connectivity index (χ3n) is 5.65. The van der Waals surface area contributed by atoms with Gasteiger partial charge < -0.3 is 10.2 Å². The number of hydrogen-bond acceptors (Lipinski definition) is 4. The summed E-state index contributed by atoms with van der Waals surface area (Å²) >= 11 is 0. The van der Waals surface area contributed by atoms with Gasteiger partial charge in [0.15, 0.2) is 0 Å². The molecule has 7 heteroatoms. The molecule has 4 rings (SSSR count). The van der Waals surface area contributed by atoms with Gasteiger partial charge in [-0.05, 0) is 56.2 Å². The Balaban J connectivity index is 1.48. The average molecular weight is 342 g/mol. The Labute approximate surface area is 146 Å².